The first-order chi connectivity index (χ1) is 14.7. The molecule has 2 aromatic rings. The van der Waals surface area contributed by atoms with E-state index in [9.17, 15) is 14.4 Å². The number of aromatic nitrogens is 4. The van der Waals surface area contributed by atoms with Gasteiger partial charge >= 0.3 is 0 Å². The third-order valence-corrected chi connectivity index (χ3v) is 6.40. The van der Waals surface area contributed by atoms with Crippen molar-refractivity contribution in [2.45, 2.75) is 65.5 Å². The molecule has 2 aliphatic rings. The first-order valence-electron chi connectivity index (χ1n) is 10.9. The zero-order valence-corrected chi connectivity index (χ0v) is 18.6. The van der Waals surface area contributed by atoms with Gasteiger partial charge < -0.3 is 14.8 Å². The molecule has 0 spiro atoms. The molecule has 0 aromatic carbocycles. The van der Waals surface area contributed by atoms with Crippen LogP contribution in [0.2, 0.25) is 0 Å². The number of hydrogen-bond donors (Lipinski definition) is 1. The average molecular weight is 427 g/mol. The topological polar surface area (TPSA) is 104 Å². The standard InChI is InChI=1S/C22H30N6O3/c1-13-9-14(2)28(25-13)15(3)10-20(30)27-7-5-17(11-27)21-23-19-12-26(16(4)29)8-6-18(19)22(31)24-21/h9,15,17H,5-8,10-12H2,1-4H3,(H,23,24,31)/t15-,17+/m1/s1. The Morgan fingerprint density at radius 3 is 2.71 bits per heavy atom. The molecule has 1 N–H and O–H groups in total. The minimum atomic E-state index is -0.119. The molecule has 2 atom stereocenters. The van der Waals surface area contributed by atoms with Crippen molar-refractivity contribution in [3.05, 3.63) is 44.9 Å². The fraction of sp³-hybridized carbons (Fsp3) is 0.591. The fourth-order valence-electron chi connectivity index (χ4n) is 4.69. The summed E-state index contributed by atoms with van der Waals surface area (Å²) in [7, 11) is 0. The quantitative estimate of drug-likeness (QED) is 0.797. The maximum atomic E-state index is 12.9. The molecule has 9 heteroatoms. The number of hydrogen-bond acceptors (Lipinski definition) is 5. The van der Waals surface area contributed by atoms with Gasteiger partial charge in [0.05, 0.1) is 24.0 Å². The van der Waals surface area contributed by atoms with Crippen LogP contribution >= 0.6 is 0 Å². The summed E-state index contributed by atoms with van der Waals surface area (Å²) in [5, 5.41) is 4.49. The van der Waals surface area contributed by atoms with Crippen LogP contribution in [0.25, 0.3) is 0 Å². The van der Waals surface area contributed by atoms with Gasteiger partial charge in [-0.05, 0) is 39.7 Å². The lowest BCUT2D eigenvalue weighted by molar-refractivity contribution is -0.131. The molecule has 1 fully saturated rings. The number of aryl methyl sites for hydroxylation is 2. The largest absolute Gasteiger partial charge is 0.342 e. The van der Waals surface area contributed by atoms with E-state index in [0.717, 1.165) is 17.8 Å². The number of aromatic amines is 1. The summed E-state index contributed by atoms with van der Waals surface area (Å²) in [6.45, 7) is 9.60. The molecule has 0 unspecified atom stereocenters. The molecule has 2 aromatic heterocycles. The molecule has 166 valence electrons. The SMILES string of the molecule is CC(=O)N1CCc2c(nc([C@H]3CCN(C(=O)C[C@@H](C)n4nc(C)cc4C)C3)[nH]c2=O)C1. The molecule has 0 bridgehead atoms. The fourth-order valence-corrected chi connectivity index (χ4v) is 4.69. The van der Waals surface area contributed by atoms with Crippen molar-refractivity contribution in [3.8, 4) is 0 Å². The van der Waals surface area contributed by atoms with Gasteiger partial charge in [0.2, 0.25) is 11.8 Å². The predicted molar refractivity (Wildman–Crippen MR) is 115 cm³/mol. The van der Waals surface area contributed by atoms with Crippen LogP contribution in [0.4, 0.5) is 0 Å². The molecule has 4 heterocycles. The summed E-state index contributed by atoms with van der Waals surface area (Å²) in [6.07, 6.45) is 1.67. The molecular formula is C22H30N6O3. The van der Waals surface area contributed by atoms with Crippen LogP contribution in [-0.2, 0) is 22.6 Å². The Balaban J connectivity index is 1.44. The van der Waals surface area contributed by atoms with Crippen molar-refractivity contribution < 1.29 is 9.59 Å². The highest BCUT2D eigenvalue weighted by atomic mass is 16.2. The van der Waals surface area contributed by atoms with Gasteiger partial charge in [-0.15, -0.1) is 0 Å². The monoisotopic (exact) mass is 426 g/mol. The highest BCUT2D eigenvalue weighted by molar-refractivity contribution is 5.77. The van der Waals surface area contributed by atoms with Crippen molar-refractivity contribution in [2.24, 2.45) is 0 Å². The van der Waals surface area contributed by atoms with E-state index in [2.05, 4.69) is 10.1 Å². The second kappa shape index (κ2) is 8.28. The van der Waals surface area contributed by atoms with E-state index in [1.165, 1.54) is 6.92 Å². The smallest absolute Gasteiger partial charge is 0.254 e. The maximum absolute atomic E-state index is 12.9. The molecule has 0 radical (unpaired) electrons. The van der Waals surface area contributed by atoms with Crippen molar-refractivity contribution >= 4 is 11.8 Å². The van der Waals surface area contributed by atoms with Crippen molar-refractivity contribution in [2.75, 3.05) is 19.6 Å². The third kappa shape index (κ3) is 4.26. The Labute approximate surface area is 181 Å². The van der Waals surface area contributed by atoms with E-state index in [1.54, 1.807) is 4.90 Å². The maximum Gasteiger partial charge on any atom is 0.254 e. The van der Waals surface area contributed by atoms with Gasteiger partial charge in [-0.25, -0.2) is 4.98 Å². The lowest BCUT2D eigenvalue weighted by atomic mass is 10.0. The molecule has 0 aliphatic carbocycles. The van der Waals surface area contributed by atoms with E-state index in [0.29, 0.717) is 56.1 Å². The number of carbonyl (C=O) groups is 2. The van der Waals surface area contributed by atoms with E-state index in [1.807, 2.05) is 36.4 Å². The molecular weight excluding hydrogens is 396 g/mol. The number of carbonyl (C=O) groups excluding carboxylic acids is 2. The van der Waals surface area contributed by atoms with E-state index in [4.69, 9.17) is 4.98 Å². The summed E-state index contributed by atoms with van der Waals surface area (Å²) < 4.78 is 1.91. The second-order valence-corrected chi connectivity index (χ2v) is 8.82. The Kier molecular flexibility index (Phi) is 5.68. The summed E-state index contributed by atoms with van der Waals surface area (Å²) >= 11 is 0. The number of amides is 2. The van der Waals surface area contributed by atoms with Crippen molar-refractivity contribution in [1.82, 2.24) is 29.5 Å². The molecule has 4 rings (SSSR count). The molecule has 1 saturated heterocycles. The summed E-state index contributed by atoms with van der Waals surface area (Å²) in [6, 6.07) is 2.00. The first kappa shape index (κ1) is 21.3. The van der Waals surface area contributed by atoms with E-state index < -0.39 is 0 Å². The molecule has 9 nitrogen and oxygen atoms in total. The molecule has 0 saturated carbocycles. The Hall–Kier alpha value is -2.97. The van der Waals surface area contributed by atoms with Crippen LogP contribution in [-0.4, -0.2) is 61.0 Å². The first-order valence-corrected chi connectivity index (χ1v) is 10.9. The number of fused-ring (bicyclic) bond motifs is 1. The summed E-state index contributed by atoms with van der Waals surface area (Å²) in [5.74, 6) is 0.698. The van der Waals surface area contributed by atoms with Crippen LogP contribution in [0.3, 0.4) is 0 Å². The van der Waals surface area contributed by atoms with Gasteiger partial charge in [0.1, 0.15) is 5.82 Å². The number of H-pyrrole nitrogens is 1. The third-order valence-electron chi connectivity index (χ3n) is 6.40. The van der Waals surface area contributed by atoms with E-state index in [-0.39, 0.29) is 29.3 Å². The molecule has 2 amide bonds. The van der Waals surface area contributed by atoms with Crippen LogP contribution in [0, 0.1) is 13.8 Å². The van der Waals surface area contributed by atoms with Gasteiger partial charge in [-0.2, -0.15) is 5.10 Å². The Morgan fingerprint density at radius 1 is 1.26 bits per heavy atom. The van der Waals surface area contributed by atoms with Gasteiger partial charge in [0.15, 0.2) is 0 Å². The number of nitrogens with zero attached hydrogens (tertiary/aromatic N) is 5. The van der Waals surface area contributed by atoms with Crippen molar-refractivity contribution in [1.29, 1.82) is 0 Å². The van der Waals surface area contributed by atoms with Gasteiger partial charge in [-0.3, -0.25) is 19.1 Å². The molecule has 2 aliphatic heterocycles. The highest BCUT2D eigenvalue weighted by Crippen LogP contribution is 2.27. The Morgan fingerprint density at radius 2 is 2.03 bits per heavy atom. The zero-order chi connectivity index (χ0) is 22.3. The van der Waals surface area contributed by atoms with Gasteiger partial charge in [-0.1, -0.05) is 0 Å². The predicted octanol–water partition coefficient (Wildman–Crippen LogP) is 1.46. The van der Waals surface area contributed by atoms with Gasteiger partial charge in [0.25, 0.3) is 5.56 Å². The minimum absolute atomic E-state index is 0.00125. The number of rotatable bonds is 4. The highest BCUT2D eigenvalue weighted by Gasteiger charge is 2.31. The second-order valence-electron chi connectivity index (χ2n) is 8.82. The minimum Gasteiger partial charge on any atom is -0.342 e. The van der Waals surface area contributed by atoms with Gasteiger partial charge in [0, 0.05) is 50.2 Å². The lowest BCUT2D eigenvalue weighted by Crippen LogP contribution is -2.38. The van der Waals surface area contributed by atoms with E-state index >= 15 is 0 Å². The van der Waals surface area contributed by atoms with Crippen LogP contribution in [0.5, 0.6) is 0 Å². The Bertz CT molecular complexity index is 1070. The van der Waals surface area contributed by atoms with Crippen LogP contribution in [0.1, 0.15) is 67.1 Å². The average Bonchev–Trinajstić information content (AvgIpc) is 3.34. The lowest BCUT2D eigenvalue weighted by Gasteiger charge is -2.27. The number of nitrogens with one attached hydrogen (secondary N) is 1. The summed E-state index contributed by atoms with van der Waals surface area (Å²) in [4.78, 5) is 48.4. The normalized spacial score (nSPS) is 19.4. The van der Waals surface area contributed by atoms with Crippen molar-refractivity contribution in [3.63, 3.8) is 0 Å². The molecule has 31 heavy (non-hydrogen) atoms. The number of likely N-dealkylation sites (tertiary alicyclic amines) is 1. The zero-order valence-electron chi connectivity index (χ0n) is 18.6. The van der Waals surface area contributed by atoms with Crippen LogP contribution in [0.15, 0.2) is 10.9 Å². The summed E-state index contributed by atoms with van der Waals surface area (Å²) in [5.41, 5.74) is 3.23. The van der Waals surface area contributed by atoms with Crippen LogP contribution < -0.4 is 5.56 Å².